The highest BCUT2D eigenvalue weighted by Crippen LogP contribution is 2.39. The Bertz CT molecular complexity index is 298. The van der Waals surface area contributed by atoms with Crippen LogP contribution in [0.1, 0.15) is 40.0 Å². The Balaban J connectivity index is 2.40. The summed E-state index contributed by atoms with van der Waals surface area (Å²) in [6, 6.07) is 0. The summed E-state index contributed by atoms with van der Waals surface area (Å²) in [7, 11) is 0. The lowest BCUT2D eigenvalue weighted by atomic mass is 9.71. The molecule has 0 amide bonds. The fourth-order valence-electron chi connectivity index (χ4n) is 2.57. The van der Waals surface area contributed by atoms with Gasteiger partial charge >= 0.3 is 12.3 Å². The van der Waals surface area contributed by atoms with Crippen molar-refractivity contribution in [3.8, 4) is 0 Å². The number of hydrogen-bond donors (Lipinski definition) is 1. The van der Waals surface area contributed by atoms with Gasteiger partial charge in [0.05, 0.1) is 0 Å². The molecule has 1 rings (SSSR count). The number of rotatable bonds is 1. The van der Waals surface area contributed by atoms with Gasteiger partial charge in [-0.1, -0.05) is 20.8 Å². The Labute approximate surface area is 99.8 Å². The Kier molecular flexibility index (Phi) is 4.20. The van der Waals surface area contributed by atoms with Crippen LogP contribution in [0, 0.1) is 11.3 Å². The monoisotopic (exact) mass is 246 g/mol. The molecule has 1 aliphatic carbocycles. The molecule has 0 heterocycles. The zero-order chi connectivity index (χ0) is 13.1. The third-order valence-corrected chi connectivity index (χ3v) is 2.79. The molecule has 0 aliphatic heterocycles. The summed E-state index contributed by atoms with van der Waals surface area (Å²) in [6.07, 6.45) is -0.473. The highest BCUT2D eigenvalue weighted by atomic mass is 17.3. The molecule has 6 nitrogen and oxygen atoms in total. The summed E-state index contributed by atoms with van der Waals surface area (Å²) in [4.78, 5) is 28.7. The Morgan fingerprint density at radius 2 is 1.88 bits per heavy atom. The SMILES string of the molecule is C[C@H]1C[C@@H](OC(=O)OOC(=O)O)CC(C)(C)C1. The molecule has 1 N–H and O–H groups in total. The van der Waals surface area contributed by atoms with Crippen LogP contribution in [-0.4, -0.2) is 23.5 Å². The van der Waals surface area contributed by atoms with E-state index < -0.39 is 12.3 Å². The molecule has 0 radical (unpaired) electrons. The molecule has 0 aromatic carbocycles. The third-order valence-electron chi connectivity index (χ3n) is 2.79. The van der Waals surface area contributed by atoms with Gasteiger partial charge in [0.1, 0.15) is 6.10 Å². The fourth-order valence-corrected chi connectivity index (χ4v) is 2.57. The van der Waals surface area contributed by atoms with Crippen LogP contribution >= 0.6 is 0 Å². The average Bonchev–Trinajstić information content (AvgIpc) is 2.11. The zero-order valence-corrected chi connectivity index (χ0v) is 10.3. The Hall–Kier alpha value is -1.46. The molecule has 6 heteroatoms. The normalized spacial score (nSPS) is 27.0. The van der Waals surface area contributed by atoms with E-state index in [9.17, 15) is 9.59 Å². The van der Waals surface area contributed by atoms with Crippen molar-refractivity contribution in [3.05, 3.63) is 0 Å². The maximum absolute atomic E-state index is 11.1. The van der Waals surface area contributed by atoms with Gasteiger partial charge in [-0.2, -0.15) is 9.68 Å². The zero-order valence-electron chi connectivity index (χ0n) is 10.3. The minimum atomic E-state index is -1.68. The average molecular weight is 246 g/mol. The van der Waals surface area contributed by atoms with E-state index in [1.165, 1.54) is 0 Å². The molecule has 98 valence electrons. The van der Waals surface area contributed by atoms with Crippen LogP contribution < -0.4 is 0 Å². The van der Waals surface area contributed by atoms with Crippen molar-refractivity contribution in [2.75, 3.05) is 0 Å². The van der Waals surface area contributed by atoms with Gasteiger partial charge in [0.25, 0.3) is 0 Å². The number of carbonyl (C=O) groups excluding carboxylic acids is 1. The van der Waals surface area contributed by atoms with Crippen LogP contribution in [-0.2, 0) is 14.5 Å². The highest BCUT2D eigenvalue weighted by molar-refractivity contribution is 5.62. The molecule has 0 bridgehead atoms. The van der Waals surface area contributed by atoms with E-state index in [2.05, 4.69) is 30.5 Å². The van der Waals surface area contributed by atoms with Gasteiger partial charge in [-0.15, -0.1) is 0 Å². The summed E-state index contributed by atoms with van der Waals surface area (Å²) < 4.78 is 5.00. The Morgan fingerprint density at radius 1 is 1.24 bits per heavy atom. The fraction of sp³-hybridized carbons (Fsp3) is 0.818. The van der Waals surface area contributed by atoms with Crippen molar-refractivity contribution in [2.24, 2.45) is 11.3 Å². The maximum Gasteiger partial charge on any atom is 0.550 e. The second kappa shape index (κ2) is 5.25. The summed E-state index contributed by atoms with van der Waals surface area (Å²) >= 11 is 0. The number of carbonyl (C=O) groups is 2. The molecule has 17 heavy (non-hydrogen) atoms. The highest BCUT2D eigenvalue weighted by Gasteiger charge is 2.34. The quantitative estimate of drug-likeness (QED) is 0.435. The summed E-state index contributed by atoms with van der Waals surface area (Å²) in [5.74, 6) is 0.456. The van der Waals surface area contributed by atoms with Gasteiger partial charge in [-0.25, -0.2) is 9.68 Å². The first kappa shape index (κ1) is 13.6. The van der Waals surface area contributed by atoms with E-state index in [0.717, 1.165) is 19.3 Å². The van der Waals surface area contributed by atoms with Crippen molar-refractivity contribution in [1.82, 2.24) is 0 Å². The second-order valence-electron chi connectivity index (χ2n) is 5.34. The van der Waals surface area contributed by atoms with Gasteiger partial charge in [-0.05, 0) is 30.6 Å². The molecule has 0 aromatic rings. The van der Waals surface area contributed by atoms with Crippen molar-refractivity contribution in [3.63, 3.8) is 0 Å². The van der Waals surface area contributed by atoms with Crippen LogP contribution in [0.25, 0.3) is 0 Å². The predicted octanol–water partition coefficient (Wildman–Crippen LogP) is 2.96. The minimum absolute atomic E-state index is 0.107. The van der Waals surface area contributed by atoms with Crippen molar-refractivity contribution in [2.45, 2.75) is 46.1 Å². The first-order valence-corrected chi connectivity index (χ1v) is 5.56. The molecule has 0 saturated heterocycles. The largest absolute Gasteiger partial charge is 0.550 e. The van der Waals surface area contributed by atoms with Crippen LogP contribution in [0.4, 0.5) is 9.59 Å². The first-order chi connectivity index (χ1) is 7.78. The first-order valence-electron chi connectivity index (χ1n) is 5.56. The van der Waals surface area contributed by atoms with E-state index in [1.54, 1.807) is 0 Å². The molecule has 2 atom stereocenters. The van der Waals surface area contributed by atoms with Gasteiger partial charge < -0.3 is 9.84 Å². The second-order valence-corrected chi connectivity index (χ2v) is 5.34. The van der Waals surface area contributed by atoms with Crippen LogP contribution in [0.2, 0.25) is 0 Å². The van der Waals surface area contributed by atoms with Crippen LogP contribution in [0.3, 0.4) is 0 Å². The molecule has 1 saturated carbocycles. The number of carboxylic acid groups (broad SMARTS) is 1. The molecule has 1 fully saturated rings. The molecule has 0 unspecified atom stereocenters. The predicted molar refractivity (Wildman–Crippen MR) is 57.3 cm³/mol. The smallest absolute Gasteiger partial charge is 0.447 e. The van der Waals surface area contributed by atoms with E-state index in [1.807, 2.05) is 0 Å². The van der Waals surface area contributed by atoms with Gasteiger partial charge in [0, 0.05) is 0 Å². The summed E-state index contributed by atoms with van der Waals surface area (Å²) in [6.45, 7) is 6.31. The molecular formula is C11H18O6. The van der Waals surface area contributed by atoms with Crippen LogP contribution in [0.15, 0.2) is 0 Å². The lowest BCUT2D eigenvalue weighted by Crippen LogP contribution is -2.34. The topological polar surface area (TPSA) is 82.1 Å². The molecule has 0 spiro atoms. The van der Waals surface area contributed by atoms with E-state index in [4.69, 9.17) is 9.84 Å². The molecular weight excluding hydrogens is 228 g/mol. The van der Waals surface area contributed by atoms with E-state index in [-0.39, 0.29) is 11.5 Å². The van der Waals surface area contributed by atoms with Crippen molar-refractivity contribution < 1.29 is 29.2 Å². The lowest BCUT2D eigenvalue weighted by molar-refractivity contribution is -0.219. The van der Waals surface area contributed by atoms with E-state index in [0.29, 0.717) is 5.92 Å². The number of ether oxygens (including phenoxy) is 1. The van der Waals surface area contributed by atoms with Crippen molar-refractivity contribution >= 4 is 12.3 Å². The van der Waals surface area contributed by atoms with Crippen LogP contribution in [0.5, 0.6) is 0 Å². The number of hydrogen-bond acceptors (Lipinski definition) is 5. The third kappa shape index (κ3) is 4.93. The minimum Gasteiger partial charge on any atom is -0.447 e. The van der Waals surface area contributed by atoms with Gasteiger partial charge in [0.2, 0.25) is 0 Å². The van der Waals surface area contributed by atoms with Gasteiger partial charge in [0.15, 0.2) is 0 Å². The standard InChI is InChI=1S/C11H18O6/c1-7-4-8(6-11(2,3)5-7)15-10(14)17-16-9(12)13/h7-8H,4-6H2,1-3H3,(H,12,13)/t7-,8+/m0/s1. The summed E-state index contributed by atoms with van der Waals surface area (Å²) in [5.41, 5.74) is 0.107. The maximum atomic E-state index is 11.1. The van der Waals surface area contributed by atoms with E-state index >= 15 is 0 Å². The van der Waals surface area contributed by atoms with Gasteiger partial charge in [-0.3, -0.25) is 0 Å². The van der Waals surface area contributed by atoms with Crippen molar-refractivity contribution in [1.29, 1.82) is 0 Å². The lowest BCUT2D eigenvalue weighted by Gasteiger charge is -2.37. The molecule has 0 aromatic heterocycles. The Morgan fingerprint density at radius 3 is 2.41 bits per heavy atom. The summed E-state index contributed by atoms with van der Waals surface area (Å²) in [5, 5.41) is 8.14. The molecule has 1 aliphatic rings.